The zero-order chi connectivity index (χ0) is 18.4. The lowest BCUT2D eigenvalue weighted by atomic mass is 10.1. The van der Waals surface area contributed by atoms with E-state index >= 15 is 0 Å². The Balaban J connectivity index is 0.00000338. The molecule has 0 radical (unpaired) electrons. The standard InChI is InChI=1S/C17H21F3N2O3.ClH/c18-17(19,20)14-5-3-4-13(12-14)16(25)22-10-8-21(9-11-22)7-2-1-6-15(23)24;/h3-5,12H,1-2,6-11H2,(H,23,24);1H. The number of hydrogen-bond acceptors (Lipinski definition) is 3. The molecular formula is C17H22ClF3N2O3. The van der Waals surface area contributed by atoms with Gasteiger partial charge in [-0.1, -0.05) is 6.07 Å². The van der Waals surface area contributed by atoms with Crippen LogP contribution in [0.5, 0.6) is 0 Å². The number of piperazine rings is 1. The van der Waals surface area contributed by atoms with Gasteiger partial charge in [0, 0.05) is 38.2 Å². The molecule has 146 valence electrons. The molecular weight excluding hydrogens is 373 g/mol. The van der Waals surface area contributed by atoms with Crippen LogP contribution in [0.25, 0.3) is 0 Å². The first kappa shape index (κ1) is 22.2. The van der Waals surface area contributed by atoms with Crippen LogP contribution in [-0.2, 0) is 11.0 Å². The number of rotatable bonds is 6. The lowest BCUT2D eigenvalue weighted by Crippen LogP contribution is -2.48. The molecule has 0 aromatic heterocycles. The summed E-state index contributed by atoms with van der Waals surface area (Å²) in [5, 5.41) is 8.60. The molecule has 5 nitrogen and oxygen atoms in total. The molecule has 1 aromatic carbocycles. The normalized spacial score (nSPS) is 15.4. The van der Waals surface area contributed by atoms with Gasteiger partial charge in [-0.05, 0) is 37.6 Å². The van der Waals surface area contributed by atoms with E-state index < -0.39 is 23.6 Å². The summed E-state index contributed by atoms with van der Waals surface area (Å²) in [4.78, 5) is 26.6. The van der Waals surface area contributed by atoms with Crippen molar-refractivity contribution in [3.8, 4) is 0 Å². The van der Waals surface area contributed by atoms with Crippen LogP contribution in [0.1, 0.15) is 35.2 Å². The van der Waals surface area contributed by atoms with Crippen LogP contribution >= 0.6 is 12.4 Å². The van der Waals surface area contributed by atoms with Crippen LogP contribution in [-0.4, -0.2) is 59.5 Å². The third kappa shape index (κ3) is 6.49. The summed E-state index contributed by atoms with van der Waals surface area (Å²) in [6.45, 7) is 2.94. The molecule has 1 aromatic rings. The average molecular weight is 395 g/mol. The Morgan fingerprint density at radius 3 is 2.31 bits per heavy atom. The largest absolute Gasteiger partial charge is 0.481 e. The first-order valence-electron chi connectivity index (χ1n) is 8.18. The zero-order valence-electron chi connectivity index (χ0n) is 14.2. The van der Waals surface area contributed by atoms with Gasteiger partial charge in [0.05, 0.1) is 5.56 Å². The van der Waals surface area contributed by atoms with Crippen molar-refractivity contribution in [1.29, 1.82) is 0 Å². The number of alkyl halides is 3. The molecule has 2 rings (SSSR count). The molecule has 0 saturated carbocycles. The molecule has 26 heavy (non-hydrogen) atoms. The molecule has 0 atom stereocenters. The van der Waals surface area contributed by atoms with Gasteiger partial charge in [-0.25, -0.2) is 0 Å². The number of amides is 1. The summed E-state index contributed by atoms with van der Waals surface area (Å²) in [5.74, 6) is -1.20. The molecule has 1 saturated heterocycles. The highest BCUT2D eigenvalue weighted by atomic mass is 35.5. The number of halogens is 4. The highest BCUT2D eigenvalue weighted by Gasteiger charge is 2.31. The number of hydrogen-bond donors (Lipinski definition) is 1. The Bertz CT molecular complexity index is 618. The van der Waals surface area contributed by atoms with Crippen molar-refractivity contribution in [3.63, 3.8) is 0 Å². The van der Waals surface area contributed by atoms with Crippen molar-refractivity contribution in [2.24, 2.45) is 0 Å². The summed E-state index contributed by atoms with van der Waals surface area (Å²) in [6.07, 6.45) is -2.94. The maximum Gasteiger partial charge on any atom is 0.416 e. The predicted octanol–water partition coefficient (Wildman–Crippen LogP) is 3.14. The van der Waals surface area contributed by atoms with Gasteiger partial charge in [0.15, 0.2) is 0 Å². The number of carboxylic acid groups (broad SMARTS) is 1. The van der Waals surface area contributed by atoms with Crippen molar-refractivity contribution in [2.45, 2.75) is 25.4 Å². The van der Waals surface area contributed by atoms with Gasteiger partial charge in [0.2, 0.25) is 0 Å². The third-order valence-electron chi connectivity index (χ3n) is 4.21. The van der Waals surface area contributed by atoms with E-state index in [2.05, 4.69) is 4.90 Å². The van der Waals surface area contributed by atoms with E-state index in [4.69, 9.17) is 5.11 Å². The van der Waals surface area contributed by atoms with E-state index in [1.807, 2.05) is 0 Å². The summed E-state index contributed by atoms with van der Waals surface area (Å²) >= 11 is 0. The lowest BCUT2D eigenvalue weighted by molar-refractivity contribution is -0.138. The number of carboxylic acids is 1. The molecule has 0 unspecified atom stereocenters. The maximum absolute atomic E-state index is 12.8. The quantitative estimate of drug-likeness (QED) is 0.753. The fraction of sp³-hybridized carbons (Fsp3) is 0.529. The van der Waals surface area contributed by atoms with Gasteiger partial charge in [-0.3, -0.25) is 14.5 Å². The lowest BCUT2D eigenvalue weighted by Gasteiger charge is -2.34. The Kier molecular flexibility index (Phi) is 8.36. The third-order valence-corrected chi connectivity index (χ3v) is 4.21. The number of carbonyl (C=O) groups is 2. The van der Waals surface area contributed by atoms with Gasteiger partial charge >= 0.3 is 12.1 Å². The molecule has 1 aliphatic rings. The fourth-order valence-corrected chi connectivity index (χ4v) is 2.80. The Morgan fingerprint density at radius 1 is 1.08 bits per heavy atom. The minimum Gasteiger partial charge on any atom is -0.481 e. The minimum atomic E-state index is -4.47. The molecule has 0 bridgehead atoms. The Morgan fingerprint density at radius 2 is 1.73 bits per heavy atom. The summed E-state index contributed by atoms with van der Waals surface area (Å²) in [7, 11) is 0. The van der Waals surface area contributed by atoms with Gasteiger partial charge in [0.25, 0.3) is 5.91 Å². The summed E-state index contributed by atoms with van der Waals surface area (Å²) in [5.41, 5.74) is -0.778. The molecule has 0 aliphatic carbocycles. The number of benzene rings is 1. The maximum atomic E-state index is 12.8. The van der Waals surface area contributed by atoms with Crippen molar-refractivity contribution < 1.29 is 27.9 Å². The van der Waals surface area contributed by atoms with Crippen molar-refractivity contribution in [1.82, 2.24) is 9.80 Å². The second-order valence-electron chi connectivity index (χ2n) is 6.06. The van der Waals surface area contributed by atoms with Gasteiger partial charge in [-0.2, -0.15) is 13.2 Å². The molecule has 0 spiro atoms. The SMILES string of the molecule is Cl.O=C(O)CCCCN1CCN(C(=O)c2cccc(C(F)(F)F)c2)CC1. The van der Waals surface area contributed by atoms with E-state index in [1.54, 1.807) is 4.90 Å². The number of carbonyl (C=O) groups excluding carboxylic acids is 1. The molecule has 1 fully saturated rings. The van der Waals surface area contributed by atoms with Crippen molar-refractivity contribution in [3.05, 3.63) is 35.4 Å². The van der Waals surface area contributed by atoms with Crippen LogP contribution in [0.4, 0.5) is 13.2 Å². The van der Waals surface area contributed by atoms with Crippen molar-refractivity contribution in [2.75, 3.05) is 32.7 Å². The topological polar surface area (TPSA) is 60.9 Å². The van der Waals surface area contributed by atoms with Crippen LogP contribution in [0, 0.1) is 0 Å². The van der Waals surface area contributed by atoms with Crippen LogP contribution in [0.3, 0.4) is 0 Å². The highest BCUT2D eigenvalue weighted by molar-refractivity contribution is 5.94. The Hall–Kier alpha value is -1.80. The summed E-state index contributed by atoms with van der Waals surface area (Å²) in [6, 6.07) is 4.48. The zero-order valence-corrected chi connectivity index (χ0v) is 15.0. The van der Waals surface area contributed by atoms with Crippen LogP contribution in [0.15, 0.2) is 24.3 Å². The molecule has 1 heterocycles. The van der Waals surface area contributed by atoms with Gasteiger partial charge < -0.3 is 10.0 Å². The minimum absolute atomic E-state index is 0. The van der Waals surface area contributed by atoms with Crippen LogP contribution in [0.2, 0.25) is 0 Å². The van der Waals surface area contributed by atoms with E-state index in [1.165, 1.54) is 12.1 Å². The van der Waals surface area contributed by atoms with E-state index in [0.717, 1.165) is 25.1 Å². The average Bonchev–Trinajstić information content (AvgIpc) is 2.58. The highest BCUT2D eigenvalue weighted by Crippen LogP contribution is 2.29. The smallest absolute Gasteiger partial charge is 0.416 e. The van der Waals surface area contributed by atoms with E-state index in [0.29, 0.717) is 32.6 Å². The van der Waals surface area contributed by atoms with Gasteiger partial charge in [-0.15, -0.1) is 12.4 Å². The van der Waals surface area contributed by atoms with Gasteiger partial charge in [0.1, 0.15) is 0 Å². The predicted molar refractivity (Wildman–Crippen MR) is 92.5 cm³/mol. The molecule has 9 heteroatoms. The molecule has 1 N–H and O–H groups in total. The first-order valence-corrected chi connectivity index (χ1v) is 8.18. The summed E-state index contributed by atoms with van der Waals surface area (Å²) < 4.78 is 38.3. The second kappa shape index (κ2) is 9.78. The fourth-order valence-electron chi connectivity index (χ4n) is 2.80. The van der Waals surface area contributed by atoms with Crippen molar-refractivity contribution >= 4 is 24.3 Å². The molecule has 1 aliphatic heterocycles. The monoisotopic (exact) mass is 394 g/mol. The second-order valence-corrected chi connectivity index (χ2v) is 6.06. The molecule has 1 amide bonds. The number of nitrogens with zero attached hydrogens (tertiary/aromatic N) is 2. The van der Waals surface area contributed by atoms with Crippen LogP contribution < -0.4 is 0 Å². The number of aliphatic carboxylic acids is 1. The Labute approximate surface area is 156 Å². The number of unbranched alkanes of at least 4 members (excludes halogenated alkanes) is 1. The van der Waals surface area contributed by atoms with E-state index in [-0.39, 0.29) is 24.4 Å². The van der Waals surface area contributed by atoms with E-state index in [9.17, 15) is 22.8 Å². The first-order chi connectivity index (χ1) is 11.8.